The third kappa shape index (κ3) is 5.78. The van der Waals surface area contributed by atoms with Gasteiger partial charge in [-0.2, -0.15) is 5.26 Å². The van der Waals surface area contributed by atoms with E-state index in [1.807, 2.05) is 6.07 Å². The molecule has 0 radical (unpaired) electrons. The molecule has 8 nitrogen and oxygen atoms in total. The zero-order valence-corrected chi connectivity index (χ0v) is 16.9. The average molecular weight is 407 g/mol. The topological polar surface area (TPSA) is 125 Å². The third-order valence-electron chi connectivity index (χ3n) is 4.67. The number of nitriles is 1. The third-order valence-corrected chi connectivity index (χ3v) is 6.27. The Morgan fingerprint density at radius 3 is 2.57 bits per heavy atom. The van der Waals surface area contributed by atoms with Crippen molar-refractivity contribution in [2.45, 2.75) is 56.4 Å². The van der Waals surface area contributed by atoms with Gasteiger partial charge in [-0.15, -0.1) is 0 Å². The Hall–Kier alpha value is -2.44. The van der Waals surface area contributed by atoms with E-state index in [1.165, 1.54) is 0 Å². The van der Waals surface area contributed by atoms with Gasteiger partial charge < -0.3 is 10.1 Å². The van der Waals surface area contributed by atoms with Crippen LogP contribution in [0.1, 0.15) is 43.2 Å². The van der Waals surface area contributed by atoms with E-state index in [9.17, 15) is 23.3 Å². The number of carbonyl (C=O) groups excluding carboxylic acids is 2. The highest BCUT2D eigenvalue weighted by molar-refractivity contribution is 7.89. The molecule has 0 bridgehead atoms. The van der Waals surface area contributed by atoms with Crippen LogP contribution in [0.3, 0.4) is 0 Å². The lowest BCUT2D eigenvalue weighted by Crippen LogP contribution is -2.46. The molecule has 0 aliphatic heterocycles. The maximum Gasteiger partial charge on any atom is 0.307 e. The second-order valence-electron chi connectivity index (χ2n) is 7.03. The maximum atomic E-state index is 12.4. The van der Waals surface area contributed by atoms with Gasteiger partial charge in [-0.1, -0.05) is 12.1 Å². The van der Waals surface area contributed by atoms with Gasteiger partial charge in [-0.25, -0.2) is 13.1 Å². The van der Waals surface area contributed by atoms with Gasteiger partial charge in [0, 0.05) is 6.54 Å². The van der Waals surface area contributed by atoms with Crippen molar-refractivity contribution in [1.29, 1.82) is 5.26 Å². The lowest BCUT2D eigenvalue weighted by Gasteiger charge is -2.21. The molecule has 0 aromatic heterocycles. The van der Waals surface area contributed by atoms with E-state index in [1.54, 1.807) is 26.0 Å². The second kappa shape index (κ2) is 9.17. The van der Waals surface area contributed by atoms with E-state index in [2.05, 4.69) is 16.1 Å². The maximum absolute atomic E-state index is 12.4. The Labute approximate surface area is 165 Å². The summed E-state index contributed by atoms with van der Waals surface area (Å²) in [5.74, 6) is -1.23. The predicted octanol–water partition coefficient (Wildman–Crippen LogP) is 1.47. The zero-order chi connectivity index (χ0) is 20.8. The van der Waals surface area contributed by atoms with Crippen LogP contribution < -0.4 is 10.0 Å². The standard InChI is InChI=1S/C19H25N3O5S/c1-14-5-6-15(2)16(11-14)28(25,26)21-10-7-18(24)27-12-17(23)22-19(13-20)8-3-4-9-19/h5-6,11,21H,3-4,7-10,12H2,1-2H3,(H,22,23). The highest BCUT2D eigenvalue weighted by Crippen LogP contribution is 2.28. The number of benzene rings is 1. The molecule has 0 saturated heterocycles. The van der Waals surface area contributed by atoms with E-state index in [-0.39, 0.29) is 17.9 Å². The summed E-state index contributed by atoms with van der Waals surface area (Å²) >= 11 is 0. The summed E-state index contributed by atoms with van der Waals surface area (Å²) in [6.07, 6.45) is 2.70. The molecule has 2 N–H and O–H groups in total. The Morgan fingerprint density at radius 2 is 1.93 bits per heavy atom. The monoisotopic (exact) mass is 407 g/mol. The number of rotatable bonds is 8. The number of nitrogens with one attached hydrogen (secondary N) is 2. The summed E-state index contributed by atoms with van der Waals surface area (Å²) in [6, 6.07) is 7.22. The molecule has 1 amide bonds. The van der Waals surface area contributed by atoms with Crippen LogP contribution in [0.5, 0.6) is 0 Å². The van der Waals surface area contributed by atoms with Crippen LogP contribution in [0.25, 0.3) is 0 Å². The normalized spacial score (nSPS) is 15.6. The molecule has 2 rings (SSSR count). The van der Waals surface area contributed by atoms with Crippen molar-refractivity contribution < 1.29 is 22.7 Å². The number of aryl methyl sites for hydroxylation is 2. The van der Waals surface area contributed by atoms with Crippen molar-refractivity contribution in [2.24, 2.45) is 0 Å². The molecule has 1 aliphatic rings. The van der Waals surface area contributed by atoms with Crippen molar-refractivity contribution in [3.8, 4) is 6.07 Å². The van der Waals surface area contributed by atoms with Crippen molar-refractivity contribution in [3.63, 3.8) is 0 Å². The number of nitrogens with zero attached hydrogens (tertiary/aromatic N) is 1. The van der Waals surface area contributed by atoms with E-state index < -0.39 is 34.0 Å². The van der Waals surface area contributed by atoms with Crippen molar-refractivity contribution in [1.82, 2.24) is 10.0 Å². The number of hydrogen-bond donors (Lipinski definition) is 2. The van der Waals surface area contributed by atoms with Crippen LogP contribution in [-0.4, -0.2) is 39.0 Å². The zero-order valence-electron chi connectivity index (χ0n) is 16.1. The van der Waals surface area contributed by atoms with Gasteiger partial charge in [-0.05, 0) is 56.7 Å². The minimum Gasteiger partial charge on any atom is -0.456 e. The number of hydrogen-bond acceptors (Lipinski definition) is 6. The first kappa shape index (κ1) is 21.9. The summed E-state index contributed by atoms with van der Waals surface area (Å²) in [5.41, 5.74) is 0.551. The van der Waals surface area contributed by atoms with Crippen LogP contribution in [0.4, 0.5) is 0 Å². The summed E-state index contributed by atoms with van der Waals surface area (Å²) < 4.78 is 31.9. The minimum atomic E-state index is -3.74. The summed E-state index contributed by atoms with van der Waals surface area (Å²) in [7, 11) is -3.74. The molecule has 1 aromatic carbocycles. The number of amides is 1. The number of sulfonamides is 1. The van der Waals surface area contributed by atoms with Crippen molar-refractivity contribution in [3.05, 3.63) is 29.3 Å². The fourth-order valence-corrected chi connectivity index (χ4v) is 4.49. The molecule has 0 spiro atoms. The van der Waals surface area contributed by atoms with Crippen molar-refractivity contribution in [2.75, 3.05) is 13.2 Å². The number of carbonyl (C=O) groups is 2. The molecular weight excluding hydrogens is 382 g/mol. The van der Waals surface area contributed by atoms with Crippen LogP contribution in [0.2, 0.25) is 0 Å². The highest BCUT2D eigenvalue weighted by Gasteiger charge is 2.35. The average Bonchev–Trinajstić information content (AvgIpc) is 3.10. The van der Waals surface area contributed by atoms with Gasteiger partial charge in [0.1, 0.15) is 5.54 Å². The lowest BCUT2D eigenvalue weighted by atomic mass is 10.00. The van der Waals surface area contributed by atoms with Crippen LogP contribution in [-0.2, 0) is 24.3 Å². The van der Waals surface area contributed by atoms with Gasteiger partial charge in [0.05, 0.1) is 17.4 Å². The molecule has 1 saturated carbocycles. The molecule has 0 atom stereocenters. The molecule has 0 heterocycles. The van der Waals surface area contributed by atoms with E-state index in [0.717, 1.165) is 18.4 Å². The Bertz CT molecular complexity index is 883. The van der Waals surface area contributed by atoms with Crippen LogP contribution in [0, 0.1) is 25.2 Å². The number of esters is 1. The van der Waals surface area contributed by atoms with Crippen LogP contribution >= 0.6 is 0 Å². The fraction of sp³-hybridized carbons (Fsp3) is 0.526. The van der Waals surface area contributed by atoms with E-state index in [0.29, 0.717) is 18.4 Å². The molecule has 9 heteroatoms. The van der Waals surface area contributed by atoms with Gasteiger partial charge >= 0.3 is 5.97 Å². The van der Waals surface area contributed by atoms with Crippen LogP contribution in [0.15, 0.2) is 23.1 Å². The molecule has 1 aromatic rings. The van der Waals surface area contributed by atoms with Gasteiger partial charge in [0.15, 0.2) is 6.61 Å². The Morgan fingerprint density at radius 1 is 1.25 bits per heavy atom. The Balaban J connectivity index is 1.77. The second-order valence-corrected chi connectivity index (χ2v) is 8.76. The summed E-state index contributed by atoms with van der Waals surface area (Å²) in [4.78, 5) is 23.8. The van der Waals surface area contributed by atoms with Gasteiger partial charge in [-0.3, -0.25) is 9.59 Å². The minimum absolute atomic E-state index is 0.141. The summed E-state index contributed by atoms with van der Waals surface area (Å²) in [5, 5.41) is 11.9. The molecule has 1 aliphatic carbocycles. The van der Waals surface area contributed by atoms with Gasteiger partial charge in [0.2, 0.25) is 10.0 Å². The smallest absolute Gasteiger partial charge is 0.307 e. The first-order valence-corrected chi connectivity index (χ1v) is 10.6. The molecule has 0 unspecified atom stereocenters. The van der Waals surface area contributed by atoms with Gasteiger partial charge in [0.25, 0.3) is 5.91 Å². The molecule has 152 valence electrons. The first-order valence-electron chi connectivity index (χ1n) is 9.12. The summed E-state index contributed by atoms with van der Waals surface area (Å²) in [6.45, 7) is 2.85. The lowest BCUT2D eigenvalue weighted by molar-refractivity contribution is -0.148. The molecule has 28 heavy (non-hydrogen) atoms. The predicted molar refractivity (Wildman–Crippen MR) is 102 cm³/mol. The van der Waals surface area contributed by atoms with E-state index in [4.69, 9.17) is 4.74 Å². The Kier molecular flexibility index (Phi) is 7.16. The quantitative estimate of drug-likeness (QED) is 0.629. The molecular formula is C19H25N3O5S. The SMILES string of the molecule is Cc1ccc(C)c(S(=O)(=O)NCCC(=O)OCC(=O)NC2(C#N)CCCC2)c1. The van der Waals surface area contributed by atoms with E-state index >= 15 is 0 Å². The highest BCUT2D eigenvalue weighted by atomic mass is 32.2. The first-order chi connectivity index (χ1) is 13.2. The number of ether oxygens (including phenoxy) is 1. The molecule has 1 fully saturated rings. The largest absolute Gasteiger partial charge is 0.456 e. The van der Waals surface area contributed by atoms with Crippen molar-refractivity contribution >= 4 is 21.9 Å². The fourth-order valence-electron chi connectivity index (χ4n) is 3.13.